The maximum absolute atomic E-state index is 13.4. The smallest absolute Gasteiger partial charge is 0.368 e. The topological polar surface area (TPSA) is 70.9 Å². The molecule has 92 valence electrons. The van der Waals surface area contributed by atoms with E-state index in [0.29, 0.717) is 12.4 Å². The van der Waals surface area contributed by atoms with Crippen molar-refractivity contribution in [3.8, 4) is 5.75 Å². The number of aliphatic carboxylic acids is 1. The van der Waals surface area contributed by atoms with Gasteiger partial charge in [0.25, 0.3) is 0 Å². The van der Waals surface area contributed by atoms with Crippen LogP contribution in [0, 0.1) is 5.82 Å². The lowest BCUT2D eigenvalue weighted by Gasteiger charge is -2.06. The highest BCUT2D eigenvalue weighted by Crippen LogP contribution is 2.20. The Kier molecular flexibility index (Phi) is 4.71. The Balaban J connectivity index is 2.79. The van der Waals surface area contributed by atoms with Gasteiger partial charge in [0.1, 0.15) is 5.75 Å². The highest BCUT2D eigenvalue weighted by molar-refractivity contribution is 6.81. The number of nitrogens with one attached hydrogen (secondary N) is 1. The van der Waals surface area contributed by atoms with Crippen molar-refractivity contribution in [2.75, 3.05) is 12.0 Å². The molecule has 0 saturated heterocycles. The van der Waals surface area contributed by atoms with Gasteiger partial charge in [0.05, 0.1) is 12.3 Å². The van der Waals surface area contributed by atoms with E-state index in [-0.39, 0.29) is 5.69 Å². The first-order chi connectivity index (χ1) is 8.04. The van der Waals surface area contributed by atoms with Crippen molar-refractivity contribution in [2.24, 2.45) is 5.10 Å². The van der Waals surface area contributed by atoms with Crippen LogP contribution in [0.15, 0.2) is 23.3 Å². The number of carbonyl (C=O) groups is 1. The zero-order chi connectivity index (χ0) is 12.8. The highest BCUT2D eigenvalue weighted by atomic mass is 35.5. The van der Waals surface area contributed by atoms with E-state index in [1.54, 1.807) is 6.92 Å². The Hall–Kier alpha value is -1.82. The SMILES string of the molecule is CCOc1ccc(N/N=C(/Cl)C(=O)O)c(F)c1. The van der Waals surface area contributed by atoms with Crippen LogP contribution in [0.3, 0.4) is 0 Å². The summed E-state index contributed by atoms with van der Waals surface area (Å²) in [5, 5.41) is 11.0. The number of carboxylic acid groups (broad SMARTS) is 1. The Morgan fingerprint density at radius 1 is 1.65 bits per heavy atom. The zero-order valence-electron chi connectivity index (χ0n) is 8.91. The van der Waals surface area contributed by atoms with Crippen molar-refractivity contribution >= 4 is 28.4 Å². The molecule has 0 unspecified atom stereocenters. The van der Waals surface area contributed by atoms with Gasteiger partial charge in [-0.05, 0) is 19.1 Å². The molecule has 0 bridgehead atoms. The number of benzene rings is 1. The van der Waals surface area contributed by atoms with E-state index in [0.717, 1.165) is 6.07 Å². The number of anilines is 1. The molecule has 0 fully saturated rings. The minimum Gasteiger partial charge on any atom is -0.494 e. The van der Waals surface area contributed by atoms with Gasteiger partial charge in [-0.25, -0.2) is 9.18 Å². The molecular weight excluding hydrogens is 251 g/mol. The standard InChI is InChI=1S/C10H10ClFN2O3/c1-2-17-6-3-4-8(7(12)5-6)13-14-9(11)10(15)16/h3-5,13H,2H2,1H3,(H,15,16)/b14-9+. The summed E-state index contributed by atoms with van der Waals surface area (Å²) >= 11 is 5.24. The van der Waals surface area contributed by atoms with E-state index in [1.165, 1.54) is 12.1 Å². The van der Waals surface area contributed by atoms with Crippen molar-refractivity contribution in [1.82, 2.24) is 0 Å². The van der Waals surface area contributed by atoms with Gasteiger partial charge in [0, 0.05) is 6.07 Å². The van der Waals surface area contributed by atoms with Crippen molar-refractivity contribution in [3.05, 3.63) is 24.0 Å². The molecule has 17 heavy (non-hydrogen) atoms. The third-order valence-corrected chi connectivity index (χ3v) is 1.95. The second kappa shape index (κ2) is 6.05. The fourth-order valence-corrected chi connectivity index (χ4v) is 1.04. The summed E-state index contributed by atoms with van der Waals surface area (Å²) in [5.41, 5.74) is 2.22. The first-order valence-electron chi connectivity index (χ1n) is 4.69. The summed E-state index contributed by atoms with van der Waals surface area (Å²) in [6.07, 6.45) is 0. The van der Waals surface area contributed by atoms with Crippen LogP contribution in [-0.2, 0) is 4.79 Å². The molecule has 0 saturated carbocycles. The summed E-state index contributed by atoms with van der Waals surface area (Å²) < 4.78 is 18.5. The molecule has 0 heterocycles. The lowest BCUT2D eigenvalue weighted by molar-refractivity contribution is -0.129. The number of nitrogens with zero attached hydrogens (tertiary/aromatic N) is 1. The minimum atomic E-state index is -1.40. The number of halogens is 2. The molecule has 1 rings (SSSR count). The first kappa shape index (κ1) is 13.2. The molecule has 2 N–H and O–H groups in total. The average molecular weight is 261 g/mol. The van der Waals surface area contributed by atoms with Crippen molar-refractivity contribution in [3.63, 3.8) is 0 Å². The normalized spacial score (nSPS) is 11.1. The van der Waals surface area contributed by atoms with Crippen LogP contribution in [0.2, 0.25) is 0 Å². The van der Waals surface area contributed by atoms with Gasteiger partial charge in [-0.3, -0.25) is 5.43 Å². The van der Waals surface area contributed by atoms with Crippen LogP contribution in [0.5, 0.6) is 5.75 Å². The molecule has 0 aromatic heterocycles. The predicted molar refractivity (Wildman–Crippen MR) is 62.1 cm³/mol. The Labute approximate surface area is 102 Å². The first-order valence-corrected chi connectivity index (χ1v) is 5.07. The van der Waals surface area contributed by atoms with E-state index in [1.807, 2.05) is 0 Å². The van der Waals surface area contributed by atoms with Gasteiger partial charge in [0.15, 0.2) is 5.82 Å². The number of ether oxygens (including phenoxy) is 1. The number of carboxylic acids is 1. The van der Waals surface area contributed by atoms with Crippen LogP contribution >= 0.6 is 11.6 Å². The van der Waals surface area contributed by atoms with Gasteiger partial charge in [-0.1, -0.05) is 11.6 Å². The second-order valence-corrected chi connectivity index (χ2v) is 3.25. The van der Waals surface area contributed by atoms with Gasteiger partial charge in [0.2, 0.25) is 5.17 Å². The van der Waals surface area contributed by atoms with E-state index >= 15 is 0 Å². The van der Waals surface area contributed by atoms with Crippen LogP contribution in [0.4, 0.5) is 10.1 Å². The number of rotatable bonds is 5. The molecule has 0 spiro atoms. The third-order valence-electron chi connectivity index (χ3n) is 1.70. The van der Waals surface area contributed by atoms with Gasteiger partial charge >= 0.3 is 5.97 Å². The van der Waals surface area contributed by atoms with E-state index in [4.69, 9.17) is 21.4 Å². The maximum Gasteiger partial charge on any atom is 0.368 e. The summed E-state index contributed by atoms with van der Waals surface area (Å²) in [4.78, 5) is 10.3. The summed E-state index contributed by atoms with van der Waals surface area (Å²) in [7, 11) is 0. The Morgan fingerprint density at radius 3 is 2.88 bits per heavy atom. The Morgan fingerprint density at radius 2 is 2.35 bits per heavy atom. The van der Waals surface area contributed by atoms with Gasteiger partial charge in [-0.2, -0.15) is 5.10 Å². The summed E-state index contributed by atoms with van der Waals surface area (Å²) in [5.74, 6) is -1.64. The number of hydrazone groups is 1. The number of hydrogen-bond donors (Lipinski definition) is 2. The average Bonchev–Trinajstić information content (AvgIpc) is 2.27. The van der Waals surface area contributed by atoms with Crippen molar-refractivity contribution in [1.29, 1.82) is 0 Å². The fourth-order valence-electron chi connectivity index (χ4n) is 1.00. The van der Waals surface area contributed by atoms with E-state index in [2.05, 4.69) is 10.5 Å². The fraction of sp³-hybridized carbons (Fsp3) is 0.200. The van der Waals surface area contributed by atoms with Gasteiger partial charge in [-0.15, -0.1) is 0 Å². The third kappa shape index (κ3) is 3.92. The molecule has 7 heteroatoms. The quantitative estimate of drug-likeness (QED) is 0.629. The second-order valence-electron chi connectivity index (χ2n) is 2.89. The molecular formula is C10H10ClFN2O3. The molecule has 5 nitrogen and oxygen atoms in total. The number of hydrogen-bond acceptors (Lipinski definition) is 4. The van der Waals surface area contributed by atoms with Crippen LogP contribution < -0.4 is 10.2 Å². The lowest BCUT2D eigenvalue weighted by atomic mass is 10.3. The molecule has 0 aliphatic carbocycles. The monoisotopic (exact) mass is 260 g/mol. The minimum absolute atomic E-state index is 0.00727. The molecule has 0 aliphatic rings. The molecule has 1 aromatic rings. The molecule has 1 aromatic carbocycles. The molecule has 0 amide bonds. The highest BCUT2D eigenvalue weighted by Gasteiger charge is 2.07. The maximum atomic E-state index is 13.4. The molecule has 0 atom stereocenters. The molecule has 0 aliphatic heterocycles. The van der Waals surface area contributed by atoms with E-state index < -0.39 is 17.0 Å². The predicted octanol–water partition coefficient (Wildman–Crippen LogP) is 2.27. The largest absolute Gasteiger partial charge is 0.494 e. The van der Waals surface area contributed by atoms with Crippen LogP contribution in [-0.4, -0.2) is 22.9 Å². The summed E-state index contributed by atoms with van der Waals surface area (Å²) in [6, 6.07) is 4.06. The van der Waals surface area contributed by atoms with Crippen molar-refractivity contribution < 1.29 is 19.0 Å². The van der Waals surface area contributed by atoms with E-state index in [9.17, 15) is 9.18 Å². The molecule has 0 radical (unpaired) electrons. The van der Waals surface area contributed by atoms with Crippen LogP contribution in [0.25, 0.3) is 0 Å². The summed E-state index contributed by atoms with van der Waals surface area (Å²) in [6.45, 7) is 2.20. The van der Waals surface area contributed by atoms with Gasteiger partial charge < -0.3 is 9.84 Å². The lowest BCUT2D eigenvalue weighted by Crippen LogP contribution is -2.08. The van der Waals surface area contributed by atoms with Crippen LogP contribution in [0.1, 0.15) is 6.92 Å². The Bertz CT molecular complexity index is 451. The zero-order valence-corrected chi connectivity index (χ0v) is 9.66. The van der Waals surface area contributed by atoms with Crippen molar-refractivity contribution in [2.45, 2.75) is 6.92 Å².